The van der Waals surface area contributed by atoms with E-state index in [4.69, 9.17) is 4.74 Å². The van der Waals surface area contributed by atoms with Gasteiger partial charge in [0, 0.05) is 11.4 Å². The highest BCUT2D eigenvalue weighted by Gasteiger charge is 2.36. The molecule has 0 saturated heterocycles. The zero-order chi connectivity index (χ0) is 20.0. The number of ether oxygens (including phenoxy) is 1. The molecule has 5 heteroatoms. The fourth-order valence-corrected chi connectivity index (χ4v) is 2.39. The Kier molecular flexibility index (Phi) is 6.61. The molecule has 0 unspecified atom stereocenters. The Morgan fingerprint density at radius 3 is 1.74 bits per heavy atom. The summed E-state index contributed by atoms with van der Waals surface area (Å²) in [6.07, 6.45) is 1.02. The third kappa shape index (κ3) is 5.58. The number of rotatable bonds is 7. The van der Waals surface area contributed by atoms with Crippen molar-refractivity contribution in [1.82, 2.24) is 0 Å². The summed E-state index contributed by atoms with van der Waals surface area (Å²) in [4.78, 5) is 25.2. The Bertz CT molecular complexity index is 778. The molecule has 0 saturated carbocycles. The Balaban J connectivity index is 2.01. The van der Waals surface area contributed by atoms with E-state index in [0.717, 1.165) is 12.2 Å². The van der Waals surface area contributed by atoms with Crippen molar-refractivity contribution in [2.24, 2.45) is 5.41 Å². The number of carbonyl (C=O) groups is 2. The first-order chi connectivity index (χ1) is 12.7. The molecule has 2 aromatic carbocycles. The fraction of sp³-hybridized carbons (Fsp3) is 0.364. The van der Waals surface area contributed by atoms with Gasteiger partial charge in [0.1, 0.15) is 11.2 Å². The molecule has 2 N–H and O–H groups in total. The summed E-state index contributed by atoms with van der Waals surface area (Å²) in [7, 11) is 0. The minimum Gasteiger partial charge on any atom is -0.491 e. The molecule has 0 aliphatic carbocycles. The average molecular weight is 368 g/mol. The molecule has 0 fully saturated rings. The van der Waals surface area contributed by atoms with Gasteiger partial charge in [0.25, 0.3) is 0 Å². The molecule has 5 nitrogen and oxygen atoms in total. The van der Waals surface area contributed by atoms with Crippen LogP contribution in [-0.2, 0) is 16.0 Å². The molecule has 0 radical (unpaired) electrons. The molecule has 0 atom stereocenters. The van der Waals surface area contributed by atoms with Gasteiger partial charge >= 0.3 is 0 Å². The second kappa shape index (κ2) is 8.71. The third-order valence-corrected chi connectivity index (χ3v) is 4.24. The number of hydrogen-bond acceptors (Lipinski definition) is 3. The van der Waals surface area contributed by atoms with Crippen molar-refractivity contribution in [2.45, 2.75) is 47.1 Å². The molecule has 2 aromatic rings. The van der Waals surface area contributed by atoms with Crippen molar-refractivity contribution in [3.8, 4) is 5.75 Å². The molecule has 0 spiro atoms. The Morgan fingerprint density at radius 1 is 0.889 bits per heavy atom. The molecule has 0 bridgehead atoms. The van der Waals surface area contributed by atoms with Crippen LogP contribution in [0.5, 0.6) is 5.75 Å². The van der Waals surface area contributed by atoms with Gasteiger partial charge in [-0.15, -0.1) is 0 Å². The topological polar surface area (TPSA) is 67.4 Å². The number of nitrogens with one attached hydrogen (secondary N) is 2. The lowest BCUT2D eigenvalue weighted by molar-refractivity contribution is -0.135. The van der Waals surface area contributed by atoms with E-state index in [1.165, 1.54) is 5.56 Å². The molecule has 0 aromatic heterocycles. The summed E-state index contributed by atoms with van der Waals surface area (Å²) in [6.45, 7) is 9.18. The lowest BCUT2D eigenvalue weighted by Crippen LogP contribution is -2.41. The molecule has 0 aliphatic heterocycles. The van der Waals surface area contributed by atoms with Crippen LogP contribution in [0, 0.1) is 5.41 Å². The lowest BCUT2D eigenvalue weighted by Gasteiger charge is -2.23. The SMILES string of the molecule is CCc1ccc(NC(=O)C(C)(C)C(=O)Nc2ccc(OC(C)C)cc2)cc1. The molecule has 0 aliphatic rings. The van der Waals surface area contributed by atoms with Crippen molar-refractivity contribution in [2.75, 3.05) is 10.6 Å². The van der Waals surface area contributed by atoms with E-state index in [-0.39, 0.29) is 17.9 Å². The largest absolute Gasteiger partial charge is 0.491 e. The highest BCUT2D eigenvalue weighted by atomic mass is 16.5. The van der Waals surface area contributed by atoms with Gasteiger partial charge in [-0.05, 0) is 76.1 Å². The lowest BCUT2D eigenvalue weighted by atomic mass is 9.90. The molecular formula is C22H28N2O3. The zero-order valence-corrected chi connectivity index (χ0v) is 16.6. The van der Waals surface area contributed by atoms with Crippen LogP contribution in [0.2, 0.25) is 0 Å². The van der Waals surface area contributed by atoms with Gasteiger partial charge in [0.05, 0.1) is 6.10 Å². The first-order valence-electron chi connectivity index (χ1n) is 9.21. The maximum Gasteiger partial charge on any atom is 0.239 e. The minimum atomic E-state index is -1.23. The van der Waals surface area contributed by atoms with Crippen molar-refractivity contribution in [1.29, 1.82) is 0 Å². The van der Waals surface area contributed by atoms with Crippen LogP contribution >= 0.6 is 0 Å². The van der Waals surface area contributed by atoms with Gasteiger partial charge < -0.3 is 15.4 Å². The Morgan fingerprint density at radius 2 is 1.33 bits per heavy atom. The van der Waals surface area contributed by atoms with Crippen molar-refractivity contribution >= 4 is 23.2 Å². The van der Waals surface area contributed by atoms with Crippen molar-refractivity contribution < 1.29 is 14.3 Å². The number of amides is 2. The number of carbonyl (C=O) groups excluding carboxylic acids is 2. The predicted octanol–water partition coefficient (Wildman–Crippen LogP) is 4.64. The van der Waals surface area contributed by atoms with Crippen LogP contribution in [0.15, 0.2) is 48.5 Å². The van der Waals surface area contributed by atoms with Gasteiger partial charge in [0.2, 0.25) is 11.8 Å². The summed E-state index contributed by atoms with van der Waals surface area (Å²) in [6, 6.07) is 14.7. The maximum absolute atomic E-state index is 12.6. The zero-order valence-electron chi connectivity index (χ0n) is 16.6. The summed E-state index contributed by atoms with van der Waals surface area (Å²) < 4.78 is 5.59. The number of benzene rings is 2. The quantitative estimate of drug-likeness (QED) is 0.700. The van der Waals surface area contributed by atoms with Gasteiger partial charge in [-0.1, -0.05) is 19.1 Å². The third-order valence-electron chi connectivity index (χ3n) is 4.24. The monoisotopic (exact) mass is 368 g/mol. The first kappa shape index (κ1) is 20.5. The summed E-state index contributed by atoms with van der Waals surface area (Å²) >= 11 is 0. The van der Waals surface area contributed by atoms with E-state index in [1.54, 1.807) is 38.1 Å². The maximum atomic E-state index is 12.6. The average Bonchev–Trinajstić information content (AvgIpc) is 2.63. The predicted molar refractivity (Wildman–Crippen MR) is 109 cm³/mol. The van der Waals surface area contributed by atoms with Crippen LogP contribution < -0.4 is 15.4 Å². The van der Waals surface area contributed by atoms with E-state index < -0.39 is 5.41 Å². The van der Waals surface area contributed by atoms with Gasteiger partial charge in [-0.3, -0.25) is 9.59 Å². The normalized spacial score (nSPS) is 11.2. The van der Waals surface area contributed by atoms with Gasteiger partial charge in [-0.25, -0.2) is 0 Å². The highest BCUT2D eigenvalue weighted by Crippen LogP contribution is 2.23. The van der Waals surface area contributed by atoms with Crippen LogP contribution in [0.4, 0.5) is 11.4 Å². The summed E-state index contributed by atoms with van der Waals surface area (Å²) in [5.41, 5.74) is 1.25. The second-order valence-electron chi connectivity index (χ2n) is 7.27. The number of anilines is 2. The fourth-order valence-electron chi connectivity index (χ4n) is 2.39. The second-order valence-corrected chi connectivity index (χ2v) is 7.27. The Hall–Kier alpha value is -2.82. The van der Waals surface area contributed by atoms with E-state index in [0.29, 0.717) is 11.4 Å². The summed E-state index contributed by atoms with van der Waals surface area (Å²) in [5, 5.41) is 5.60. The van der Waals surface area contributed by atoms with Crippen LogP contribution in [-0.4, -0.2) is 17.9 Å². The van der Waals surface area contributed by atoms with E-state index in [2.05, 4.69) is 17.6 Å². The molecular weight excluding hydrogens is 340 g/mol. The standard InChI is InChI=1S/C22H28N2O3/c1-6-16-7-9-17(10-8-16)23-20(25)22(4,5)21(26)24-18-11-13-19(14-12-18)27-15(2)3/h7-15H,6H2,1-5H3,(H,23,25)(H,24,26). The van der Waals surface area contributed by atoms with Crippen LogP contribution in [0.1, 0.15) is 40.2 Å². The van der Waals surface area contributed by atoms with E-state index >= 15 is 0 Å². The summed E-state index contributed by atoms with van der Waals surface area (Å²) in [5.74, 6) is 0.00208. The van der Waals surface area contributed by atoms with Gasteiger partial charge in [0.15, 0.2) is 0 Å². The first-order valence-corrected chi connectivity index (χ1v) is 9.21. The molecule has 2 amide bonds. The molecule has 2 rings (SSSR count). The Labute approximate surface area is 161 Å². The van der Waals surface area contributed by atoms with E-state index in [9.17, 15) is 9.59 Å². The van der Waals surface area contributed by atoms with Crippen LogP contribution in [0.25, 0.3) is 0 Å². The van der Waals surface area contributed by atoms with Crippen molar-refractivity contribution in [3.63, 3.8) is 0 Å². The molecule has 27 heavy (non-hydrogen) atoms. The number of hydrogen-bond donors (Lipinski definition) is 2. The van der Waals surface area contributed by atoms with Gasteiger partial charge in [-0.2, -0.15) is 0 Å². The van der Waals surface area contributed by atoms with Crippen LogP contribution in [0.3, 0.4) is 0 Å². The number of aryl methyl sites for hydroxylation is 1. The smallest absolute Gasteiger partial charge is 0.239 e. The van der Waals surface area contributed by atoms with E-state index in [1.807, 2.05) is 38.1 Å². The molecule has 0 heterocycles. The minimum absolute atomic E-state index is 0.0828. The highest BCUT2D eigenvalue weighted by molar-refractivity contribution is 6.14. The van der Waals surface area contributed by atoms with Crippen molar-refractivity contribution in [3.05, 3.63) is 54.1 Å². The molecule has 144 valence electrons.